The van der Waals surface area contributed by atoms with E-state index in [2.05, 4.69) is 21.6 Å². The summed E-state index contributed by atoms with van der Waals surface area (Å²) in [5.41, 5.74) is 7.65. The smallest absolute Gasteiger partial charge is 0.273 e. The molecular weight excluding hydrogens is 282 g/mol. The van der Waals surface area contributed by atoms with Gasteiger partial charge in [0.1, 0.15) is 5.71 Å². The molecule has 2 aromatic rings. The highest BCUT2D eigenvalue weighted by molar-refractivity contribution is 7.12. The third-order valence-corrected chi connectivity index (χ3v) is 4.84. The van der Waals surface area contributed by atoms with Gasteiger partial charge in [-0.2, -0.15) is 5.10 Å². The van der Waals surface area contributed by atoms with Gasteiger partial charge in [-0.05, 0) is 54.8 Å². The third kappa shape index (κ3) is 2.23. The van der Waals surface area contributed by atoms with Crippen molar-refractivity contribution in [1.82, 2.24) is 10.4 Å². The number of thiophene rings is 1. The number of carbonyl (C=O) groups is 1. The average molecular weight is 297 g/mol. The van der Waals surface area contributed by atoms with Gasteiger partial charge in [0.25, 0.3) is 5.91 Å². The summed E-state index contributed by atoms with van der Waals surface area (Å²) in [6.45, 7) is 0. The van der Waals surface area contributed by atoms with Gasteiger partial charge < -0.3 is 4.98 Å². The minimum atomic E-state index is -0.133. The first-order chi connectivity index (χ1) is 10.3. The predicted molar refractivity (Wildman–Crippen MR) is 84.4 cm³/mol. The summed E-state index contributed by atoms with van der Waals surface area (Å²) in [4.78, 5) is 16.5. The molecule has 21 heavy (non-hydrogen) atoms. The molecule has 0 radical (unpaired) electrons. The molecule has 0 saturated carbocycles. The van der Waals surface area contributed by atoms with Gasteiger partial charge in [-0.1, -0.05) is 6.07 Å². The molecule has 0 spiro atoms. The number of nitrogens with zero attached hydrogens (tertiary/aromatic N) is 1. The van der Waals surface area contributed by atoms with Crippen LogP contribution < -0.4 is 5.43 Å². The first-order valence-corrected chi connectivity index (χ1v) is 8.04. The summed E-state index contributed by atoms with van der Waals surface area (Å²) in [5.74, 6) is -0.133. The number of carbonyl (C=O) groups excluding carboxylic acids is 1. The molecule has 106 valence electrons. The number of hydrazone groups is 1. The summed E-state index contributed by atoms with van der Waals surface area (Å²) in [6, 6.07) is 6.12. The second-order valence-electron chi connectivity index (χ2n) is 5.37. The number of rotatable bonds is 2. The van der Waals surface area contributed by atoms with Crippen molar-refractivity contribution in [1.29, 1.82) is 0 Å². The van der Waals surface area contributed by atoms with Crippen LogP contribution >= 0.6 is 11.3 Å². The van der Waals surface area contributed by atoms with E-state index in [9.17, 15) is 4.79 Å². The minimum Gasteiger partial charge on any atom is -0.359 e. The highest BCUT2D eigenvalue weighted by atomic mass is 32.1. The zero-order chi connectivity index (χ0) is 14.2. The van der Waals surface area contributed by atoms with Crippen molar-refractivity contribution < 1.29 is 4.79 Å². The molecule has 2 aliphatic rings. The molecule has 0 atom stereocenters. The maximum atomic E-state index is 12.0. The molecule has 0 unspecified atom stereocenters. The van der Waals surface area contributed by atoms with E-state index in [0.29, 0.717) is 5.57 Å². The number of fused-ring (bicyclic) bond motifs is 1. The highest BCUT2D eigenvalue weighted by Crippen LogP contribution is 2.25. The van der Waals surface area contributed by atoms with Crippen LogP contribution in [0.15, 0.2) is 34.3 Å². The number of aromatic amines is 1. The Balaban J connectivity index is 1.72. The van der Waals surface area contributed by atoms with Crippen molar-refractivity contribution in [2.75, 3.05) is 0 Å². The Hall–Kier alpha value is -2.14. The number of aryl methyl sites for hydroxylation is 2. The SMILES string of the molecule is O=C1NN=C(c2cccs2)C1=Cc1cc2c([nH]1)CCCC2. The largest absolute Gasteiger partial charge is 0.359 e. The van der Waals surface area contributed by atoms with E-state index < -0.39 is 0 Å². The van der Waals surface area contributed by atoms with E-state index in [4.69, 9.17) is 0 Å². The normalized spacial score (nSPS) is 19.5. The Morgan fingerprint density at radius 2 is 2.19 bits per heavy atom. The summed E-state index contributed by atoms with van der Waals surface area (Å²) in [6.07, 6.45) is 6.65. The lowest BCUT2D eigenvalue weighted by molar-refractivity contribution is -0.116. The van der Waals surface area contributed by atoms with E-state index >= 15 is 0 Å². The van der Waals surface area contributed by atoms with Gasteiger partial charge in [-0.3, -0.25) is 4.79 Å². The molecule has 0 bridgehead atoms. The van der Waals surface area contributed by atoms with Crippen LogP contribution in [0, 0.1) is 0 Å². The second kappa shape index (κ2) is 5.00. The Bertz CT molecular complexity index is 729. The number of amides is 1. The standard InChI is InChI=1S/C16H15N3OS/c20-16-12(15(18-19-16)14-6-3-7-21-14)9-11-8-10-4-1-2-5-13(10)17-11/h3,6-9,17H,1-2,4-5H2,(H,19,20). The van der Waals surface area contributed by atoms with Crippen LogP contribution in [0.5, 0.6) is 0 Å². The lowest BCUT2D eigenvalue weighted by Crippen LogP contribution is -2.13. The maximum Gasteiger partial charge on any atom is 0.273 e. The Morgan fingerprint density at radius 3 is 3.00 bits per heavy atom. The monoisotopic (exact) mass is 297 g/mol. The molecule has 5 heteroatoms. The molecule has 2 N–H and O–H groups in total. The van der Waals surface area contributed by atoms with Crippen LogP contribution in [0.4, 0.5) is 0 Å². The van der Waals surface area contributed by atoms with E-state index in [0.717, 1.165) is 29.1 Å². The fraction of sp³-hybridized carbons (Fsp3) is 0.250. The quantitative estimate of drug-likeness (QED) is 0.823. The fourth-order valence-corrected chi connectivity index (χ4v) is 3.66. The van der Waals surface area contributed by atoms with Gasteiger partial charge in [0, 0.05) is 11.4 Å². The molecule has 0 fully saturated rings. The van der Waals surface area contributed by atoms with E-state index in [1.165, 1.54) is 24.1 Å². The zero-order valence-corrected chi connectivity index (χ0v) is 12.3. The molecule has 1 aliphatic carbocycles. The minimum absolute atomic E-state index is 0.133. The first-order valence-electron chi connectivity index (χ1n) is 7.16. The van der Waals surface area contributed by atoms with Crippen molar-refractivity contribution >= 4 is 29.0 Å². The molecule has 0 aromatic carbocycles. The lowest BCUT2D eigenvalue weighted by atomic mass is 9.98. The predicted octanol–water partition coefficient (Wildman–Crippen LogP) is 2.87. The van der Waals surface area contributed by atoms with Crippen LogP contribution in [-0.4, -0.2) is 16.6 Å². The Labute approximate surface area is 126 Å². The van der Waals surface area contributed by atoms with Crippen LogP contribution in [0.25, 0.3) is 6.08 Å². The summed E-state index contributed by atoms with van der Waals surface area (Å²) < 4.78 is 0. The molecule has 2 aromatic heterocycles. The number of hydrogen-bond donors (Lipinski definition) is 2. The van der Waals surface area contributed by atoms with Crippen molar-refractivity contribution in [2.45, 2.75) is 25.7 Å². The zero-order valence-electron chi connectivity index (χ0n) is 11.5. The van der Waals surface area contributed by atoms with Gasteiger partial charge >= 0.3 is 0 Å². The highest BCUT2D eigenvalue weighted by Gasteiger charge is 2.25. The van der Waals surface area contributed by atoms with Gasteiger partial charge in [0.2, 0.25) is 0 Å². The number of aromatic nitrogens is 1. The topological polar surface area (TPSA) is 57.2 Å². The van der Waals surface area contributed by atoms with Crippen LogP contribution in [0.1, 0.15) is 34.7 Å². The first kappa shape index (κ1) is 12.6. The van der Waals surface area contributed by atoms with Gasteiger partial charge in [-0.25, -0.2) is 5.43 Å². The fourth-order valence-electron chi connectivity index (χ4n) is 2.93. The molecule has 0 saturated heterocycles. The van der Waals surface area contributed by atoms with Gasteiger partial charge in [0.05, 0.1) is 10.5 Å². The molecule has 1 aliphatic heterocycles. The molecular formula is C16H15N3OS. The van der Waals surface area contributed by atoms with Gasteiger partial charge in [-0.15, -0.1) is 11.3 Å². The molecule has 1 amide bonds. The summed E-state index contributed by atoms with van der Waals surface area (Å²) in [7, 11) is 0. The Morgan fingerprint density at radius 1 is 1.29 bits per heavy atom. The van der Waals surface area contributed by atoms with E-state index in [-0.39, 0.29) is 5.91 Å². The van der Waals surface area contributed by atoms with Crippen molar-refractivity contribution in [3.63, 3.8) is 0 Å². The van der Waals surface area contributed by atoms with Crippen molar-refractivity contribution in [2.24, 2.45) is 5.10 Å². The van der Waals surface area contributed by atoms with Crippen molar-refractivity contribution in [3.05, 3.63) is 51.0 Å². The molecule has 4 rings (SSSR count). The third-order valence-electron chi connectivity index (χ3n) is 3.96. The van der Waals surface area contributed by atoms with Gasteiger partial charge in [0.15, 0.2) is 0 Å². The van der Waals surface area contributed by atoms with Crippen LogP contribution in [0.3, 0.4) is 0 Å². The maximum absolute atomic E-state index is 12.0. The van der Waals surface area contributed by atoms with Crippen LogP contribution in [-0.2, 0) is 17.6 Å². The van der Waals surface area contributed by atoms with E-state index in [1.807, 2.05) is 23.6 Å². The van der Waals surface area contributed by atoms with Crippen LogP contribution in [0.2, 0.25) is 0 Å². The second-order valence-corrected chi connectivity index (χ2v) is 6.32. The number of hydrogen-bond acceptors (Lipinski definition) is 3. The molecule has 3 heterocycles. The summed E-state index contributed by atoms with van der Waals surface area (Å²) >= 11 is 1.59. The molecule has 4 nitrogen and oxygen atoms in total. The average Bonchev–Trinajstić information content (AvgIpc) is 3.19. The summed E-state index contributed by atoms with van der Waals surface area (Å²) in [5, 5.41) is 6.16. The Kier molecular flexibility index (Phi) is 3.00. The number of nitrogens with one attached hydrogen (secondary N) is 2. The lowest BCUT2D eigenvalue weighted by Gasteiger charge is -2.08. The number of H-pyrrole nitrogens is 1. The van der Waals surface area contributed by atoms with E-state index in [1.54, 1.807) is 11.3 Å². The van der Waals surface area contributed by atoms with Crippen molar-refractivity contribution in [3.8, 4) is 0 Å².